The third kappa shape index (κ3) is 4.88. The minimum atomic E-state index is -4.53. The van der Waals surface area contributed by atoms with Crippen LogP contribution in [-0.2, 0) is 6.18 Å². The molecule has 1 aliphatic heterocycles. The van der Waals surface area contributed by atoms with E-state index in [0.29, 0.717) is 5.95 Å². The van der Waals surface area contributed by atoms with Gasteiger partial charge in [0.25, 0.3) is 5.91 Å². The van der Waals surface area contributed by atoms with Gasteiger partial charge in [0.05, 0.1) is 21.8 Å². The minimum Gasteiger partial charge on any atom is -0.341 e. The predicted molar refractivity (Wildman–Crippen MR) is 97.1 cm³/mol. The number of carbonyl (C=O) groups is 1. The highest BCUT2D eigenvalue weighted by Gasteiger charge is 2.31. The highest BCUT2D eigenvalue weighted by Crippen LogP contribution is 2.34. The molecule has 0 radical (unpaired) electrons. The van der Waals surface area contributed by atoms with E-state index >= 15 is 0 Å². The van der Waals surface area contributed by atoms with E-state index in [1.165, 1.54) is 25.2 Å². The lowest BCUT2D eigenvalue weighted by Gasteiger charge is -2.19. The van der Waals surface area contributed by atoms with Crippen LogP contribution in [-0.4, -0.2) is 29.0 Å². The number of alkyl halides is 3. The molecule has 0 aliphatic carbocycles. The van der Waals surface area contributed by atoms with E-state index in [2.05, 4.69) is 20.2 Å². The molecule has 1 amide bonds. The molecular weight excluding hydrogens is 381 g/mol. The van der Waals surface area contributed by atoms with Gasteiger partial charge in [0.15, 0.2) is 0 Å². The predicted octanol–water partition coefficient (Wildman–Crippen LogP) is 4.78. The van der Waals surface area contributed by atoms with Crippen molar-refractivity contribution >= 4 is 29.1 Å². The van der Waals surface area contributed by atoms with Crippen LogP contribution in [0.2, 0.25) is 5.02 Å². The van der Waals surface area contributed by atoms with Gasteiger partial charge in [0.1, 0.15) is 0 Å². The molecular formula is C18H18ClF3N4O. The first kappa shape index (κ1) is 19.4. The first-order valence-electron chi connectivity index (χ1n) is 8.60. The summed E-state index contributed by atoms with van der Waals surface area (Å²) in [7, 11) is 0. The molecule has 2 aromatic rings. The van der Waals surface area contributed by atoms with E-state index in [-0.39, 0.29) is 16.3 Å². The molecule has 0 unspecified atom stereocenters. The van der Waals surface area contributed by atoms with E-state index in [9.17, 15) is 18.0 Å². The first-order chi connectivity index (χ1) is 12.8. The molecule has 0 spiro atoms. The molecule has 1 saturated heterocycles. The summed E-state index contributed by atoms with van der Waals surface area (Å²) in [6.45, 7) is 1.73. The van der Waals surface area contributed by atoms with Crippen molar-refractivity contribution in [2.45, 2.75) is 31.9 Å². The molecule has 1 aromatic heterocycles. The topological polar surface area (TPSA) is 58.1 Å². The molecule has 0 atom stereocenters. The van der Waals surface area contributed by atoms with Gasteiger partial charge >= 0.3 is 6.18 Å². The van der Waals surface area contributed by atoms with Gasteiger partial charge < -0.3 is 10.2 Å². The van der Waals surface area contributed by atoms with E-state index < -0.39 is 17.6 Å². The zero-order chi connectivity index (χ0) is 19.4. The molecule has 3 rings (SSSR count). The second-order valence-electron chi connectivity index (χ2n) is 6.32. The average Bonchev–Trinajstić information content (AvgIpc) is 2.92. The Labute approximate surface area is 159 Å². The third-order valence-electron chi connectivity index (χ3n) is 4.33. The molecule has 1 fully saturated rings. The number of hydrogen-bond donors (Lipinski definition) is 1. The largest absolute Gasteiger partial charge is 0.416 e. The molecule has 0 bridgehead atoms. The molecule has 1 N–H and O–H groups in total. The van der Waals surface area contributed by atoms with Crippen molar-refractivity contribution in [2.24, 2.45) is 0 Å². The van der Waals surface area contributed by atoms with Crippen LogP contribution in [0.25, 0.3) is 0 Å². The monoisotopic (exact) mass is 398 g/mol. The smallest absolute Gasteiger partial charge is 0.341 e. The van der Waals surface area contributed by atoms with E-state index in [0.717, 1.165) is 44.1 Å². The van der Waals surface area contributed by atoms with Gasteiger partial charge in [-0.25, -0.2) is 9.97 Å². The maximum absolute atomic E-state index is 12.8. The summed E-state index contributed by atoms with van der Waals surface area (Å²) in [4.78, 5) is 22.8. The summed E-state index contributed by atoms with van der Waals surface area (Å²) in [6.07, 6.45) is 2.69. The van der Waals surface area contributed by atoms with Gasteiger partial charge in [-0.1, -0.05) is 24.4 Å². The molecule has 5 nitrogen and oxygen atoms in total. The number of nitrogens with one attached hydrogen (secondary N) is 1. The lowest BCUT2D eigenvalue weighted by Crippen LogP contribution is -2.26. The Morgan fingerprint density at radius 1 is 1.07 bits per heavy atom. The Hall–Kier alpha value is -2.35. The maximum Gasteiger partial charge on any atom is 0.416 e. The summed E-state index contributed by atoms with van der Waals surface area (Å²) in [5.74, 6) is -0.0795. The highest BCUT2D eigenvalue weighted by atomic mass is 35.5. The molecule has 27 heavy (non-hydrogen) atoms. The van der Waals surface area contributed by atoms with E-state index in [4.69, 9.17) is 11.6 Å². The van der Waals surface area contributed by atoms with Gasteiger partial charge in [0.2, 0.25) is 5.95 Å². The zero-order valence-electron chi connectivity index (χ0n) is 14.4. The molecule has 144 valence electrons. The second-order valence-corrected chi connectivity index (χ2v) is 6.73. The van der Waals surface area contributed by atoms with Crippen molar-refractivity contribution in [3.8, 4) is 0 Å². The molecule has 0 saturated carbocycles. The lowest BCUT2D eigenvalue weighted by atomic mass is 10.2. The van der Waals surface area contributed by atoms with Crippen LogP contribution >= 0.6 is 11.6 Å². The SMILES string of the molecule is O=C(Nc1cc(C(F)(F)F)ccc1Cl)c1cnc(N2CCCCCC2)nc1. The molecule has 9 heteroatoms. The zero-order valence-corrected chi connectivity index (χ0v) is 15.1. The Morgan fingerprint density at radius 3 is 2.30 bits per heavy atom. The molecule has 1 aromatic carbocycles. The van der Waals surface area contributed by atoms with Crippen molar-refractivity contribution in [3.05, 3.63) is 46.7 Å². The first-order valence-corrected chi connectivity index (χ1v) is 8.97. The fourth-order valence-corrected chi connectivity index (χ4v) is 3.03. The van der Waals surface area contributed by atoms with Crippen LogP contribution in [0, 0.1) is 0 Å². The van der Waals surface area contributed by atoms with Gasteiger partial charge in [0, 0.05) is 25.5 Å². The fourth-order valence-electron chi connectivity index (χ4n) is 2.86. The number of amides is 1. The van der Waals surface area contributed by atoms with E-state index in [1.54, 1.807) is 0 Å². The van der Waals surface area contributed by atoms with Crippen molar-refractivity contribution < 1.29 is 18.0 Å². The fraction of sp³-hybridized carbons (Fsp3) is 0.389. The van der Waals surface area contributed by atoms with Crippen LogP contribution in [0.3, 0.4) is 0 Å². The number of anilines is 2. The Kier molecular flexibility index (Phi) is 5.84. The summed E-state index contributed by atoms with van der Waals surface area (Å²) < 4.78 is 38.5. The number of hydrogen-bond acceptors (Lipinski definition) is 4. The standard InChI is InChI=1S/C18H18ClF3N4O/c19-14-6-5-13(18(20,21)22)9-15(14)25-16(27)12-10-23-17(24-11-12)26-7-3-1-2-4-8-26/h5-6,9-11H,1-4,7-8H2,(H,25,27). The quantitative estimate of drug-likeness (QED) is 0.808. The number of carbonyl (C=O) groups excluding carboxylic acids is 1. The number of nitrogens with zero attached hydrogens (tertiary/aromatic N) is 3. The summed E-state index contributed by atoms with van der Waals surface area (Å²) in [6, 6.07) is 2.75. The number of benzene rings is 1. The minimum absolute atomic E-state index is 0.0125. The van der Waals surface area contributed by atoms with Gasteiger partial charge in [-0.15, -0.1) is 0 Å². The normalized spacial score (nSPS) is 15.3. The van der Waals surface area contributed by atoms with Crippen LogP contribution in [0.4, 0.5) is 24.8 Å². The Bertz CT molecular complexity index is 803. The van der Waals surface area contributed by atoms with Crippen molar-refractivity contribution in [1.82, 2.24) is 9.97 Å². The Balaban J connectivity index is 1.73. The third-order valence-corrected chi connectivity index (χ3v) is 4.66. The number of halogens is 4. The van der Waals surface area contributed by atoms with Crippen LogP contribution in [0.5, 0.6) is 0 Å². The molecule has 2 heterocycles. The van der Waals surface area contributed by atoms with E-state index in [1.807, 2.05) is 0 Å². The van der Waals surface area contributed by atoms with Gasteiger partial charge in [-0.05, 0) is 31.0 Å². The van der Waals surface area contributed by atoms with Crippen molar-refractivity contribution in [3.63, 3.8) is 0 Å². The maximum atomic E-state index is 12.8. The highest BCUT2D eigenvalue weighted by molar-refractivity contribution is 6.34. The van der Waals surface area contributed by atoms with Gasteiger partial charge in [-0.2, -0.15) is 13.2 Å². The van der Waals surface area contributed by atoms with Crippen LogP contribution < -0.4 is 10.2 Å². The van der Waals surface area contributed by atoms with Crippen LogP contribution in [0.15, 0.2) is 30.6 Å². The van der Waals surface area contributed by atoms with Crippen molar-refractivity contribution in [2.75, 3.05) is 23.3 Å². The Morgan fingerprint density at radius 2 is 1.70 bits per heavy atom. The summed E-state index contributed by atoms with van der Waals surface area (Å²) >= 11 is 5.90. The molecule has 1 aliphatic rings. The summed E-state index contributed by atoms with van der Waals surface area (Å²) in [5, 5.41) is 2.40. The van der Waals surface area contributed by atoms with Crippen molar-refractivity contribution in [1.29, 1.82) is 0 Å². The average molecular weight is 399 g/mol. The van der Waals surface area contributed by atoms with Crippen LogP contribution in [0.1, 0.15) is 41.6 Å². The second kappa shape index (κ2) is 8.12. The lowest BCUT2D eigenvalue weighted by molar-refractivity contribution is -0.137. The summed E-state index contributed by atoms with van der Waals surface area (Å²) in [5.41, 5.74) is -0.870. The number of aromatic nitrogens is 2. The number of rotatable bonds is 3. The van der Waals surface area contributed by atoms with Gasteiger partial charge in [-0.3, -0.25) is 4.79 Å².